The number of nitrogens with zero attached hydrogens (tertiary/aromatic N) is 1. The molecule has 1 fully saturated rings. The quantitative estimate of drug-likeness (QED) is 0.617. The van der Waals surface area contributed by atoms with Gasteiger partial charge in [-0.15, -0.1) is 0 Å². The van der Waals surface area contributed by atoms with Gasteiger partial charge in [-0.05, 0) is 31.9 Å². The summed E-state index contributed by atoms with van der Waals surface area (Å²) in [4.78, 5) is 39.9. The SMILES string of the molecule is Cc1[nH]c(=O)[nH]c(=O)c1S(=O)(=O)N1CCC[C@H](C(=O)Nc2ccc3c(c2)OCO3)C1. The highest BCUT2D eigenvalue weighted by atomic mass is 32.2. The Balaban J connectivity index is 1.52. The largest absolute Gasteiger partial charge is 0.454 e. The average Bonchev–Trinajstić information content (AvgIpc) is 3.15. The lowest BCUT2D eigenvalue weighted by Crippen LogP contribution is -2.45. The van der Waals surface area contributed by atoms with E-state index in [4.69, 9.17) is 9.47 Å². The van der Waals surface area contributed by atoms with Crippen molar-refractivity contribution in [2.75, 3.05) is 25.2 Å². The molecule has 1 atom stereocenters. The van der Waals surface area contributed by atoms with Gasteiger partial charge in [0.05, 0.1) is 5.92 Å². The molecule has 0 unspecified atom stereocenters. The number of piperidine rings is 1. The topological polar surface area (TPSA) is 151 Å². The van der Waals surface area contributed by atoms with Crippen LogP contribution in [0.4, 0.5) is 5.69 Å². The summed E-state index contributed by atoms with van der Waals surface area (Å²) in [5, 5.41) is 2.77. The zero-order chi connectivity index (χ0) is 21.5. The van der Waals surface area contributed by atoms with Crippen LogP contribution < -0.4 is 26.0 Å². The molecule has 30 heavy (non-hydrogen) atoms. The van der Waals surface area contributed by atoms with E-state index >= 15 is 0 Å². The van der Waals surface area contributed by atoms with Crippen molar-refractivity contribution in [3.63, 3.8) is 0 Å². The van der Waals surface area contributed by atoms with E-state index in [1.165, 1.54) is 6.92 Å². The predicted molar refractivity (Wildman–Crippen MR) is 105 cm³/mol. The van der Waals surface area contributed by atoms with E-state index in [0.29, 0.717) is 30.0 Å². The van der Waals surface area contributed by atoms with E-state index in [2.05, 4.69) is 10.3 Å². The molecule has 4 rings (SSSR count). The molecule has 3 heterocycles. The smallest absolute Gasteiger partial charge is 0.325 e. The van der Waals surface area contributed by atoms with E-state index in [9.17, 15) is 22.8 Å². The first-order chi connectivity index (χ1) is 14.3. The third kappa shape index (κ3) is 3.71. The van der Waals surface area contributed by atoms with Crippen molar-refractivity contribution in [2.24, 2.45) is 5.92 Å². The van der Waals surface area contributed by atoms with Gasteiger partial charge in [-0.1, -0.05) is 0 Å². The molecule has 1 aromatic heterocycles. The number of benzene rings is 1. The Labute approximate surface area is 171 Å². The molecule has 0 bridgehead atoms. The van der Waals surface area contributed by atoms with Gasteiger partial charge in [0, 0.05) is 30.5 Å². The maximum atomic E-state index is 13.0. The summed E-state index contributed by atoms with van der Waals surface area (Å²) < 4.78 is 37.7. The summed E-state index contributed by atoms with van der Waals surface area (Å²) in [6, 6.07) is 4.99. The summed E-state index contributed by atoms with van der Waals surface area (Å²) in [5.41, 5.74) is -1.30. The molecular formula is C18H20N4O7S. The number of aryl methyl sites for hydroxylation is 1. The molecule has 0 radical (unpaired) electrons. The molecule has 11 nitrogen and oxygen atoms in total. The number of carbonyl (C=O) groups is 1. The summed E-state index contributed by atoms with van der Waals surface area (Å²) >= 11 is 0. The molecule has 2 aliphatic rings. The Morgan fingerprint density at radius 3 is 2.73 bits per heavy atom. The second-order valence-corrected chi connectivity index (χ2v) is 9.00. The summed E-state index contributed by atoms with van der Waals surface area (Å²) in [5.74, 6) is 0.180. The lowest BCUT2D eigenvalue weighted by atomic mass is 9.98. The Morgan fingerprint density at radius 2 is 1.97 bits per heavy atom. The average molecular weight is 436 g/mol. The number of nitrogens with one attached hydrogen (secondary N) is 3. The van der Waals surface area contributed by atoms with E-state index in [0.717, 1.165) is 4.31 Å². The van der Waals surface area contributed by atoms with Crippen molar-refractivity contribution >= 4 is 21.6 Å². The van der Waals surface area contributed by atoms with Gasteiger partial charge in [0.15, 0.2) is 16.4 Å². The van der Waals surface area contributed by atoms with Gasteiger partial charge < -0.3 is 19.8 Å². The molecule has 160 valence electrons. The fraction of sp³-hybridized carbons (Fsp3) is 0.389. The molecule has 1 amide bonds. The number of H-pyrrole nitrogens is 2. The summed E-state index contributed by atoms with van der Waals surface area (Å²) in [7, 11) is -4.18. The third-order valence-electron chi connectivity index (χ3n) is 5.07. The number of aromatic nitrogens is 2. The van der Waals surface area contributed by atoms with Crippen LogP contribution in [0.1, 0.15) is 18.5 Å². The number of rotatable bonds is 4. The van der Waals surface area contributed by atoms with Crippen molar-refractivity contribution in [3.8, 4) is 11.5 Å². The number of ether oxygens (including phenoxy) is 2. The third-order valence-corrected chi connectivity index (χ3v) is 7.09. The lowest BCUT2D eigenvalue weighted by molar-refractivity contribution is -0.120. The first-order valence-electron chi connectivity index (χ1n) is 9.29. The van der Waals surface area contributed by atoms with E-state index in [1.54, 1.807) is 18.2 Å². The van der Waals surface area contributed by atoms with Crippen molar-refractivity contribution in [3.05, 3.63) is 44.7 Å². The minimum atomic E-state index is -4.18. The van der Waals surface area contributed by atoms with Crippen LogP contribution >= 0.6 is 0 Å². The molecule has 2 aliphatic heterocycles. The second-order valence-electron chi connectivity index (χ2n) is 7.12. The highest BCUT2D eigenvalue weighted by molar-refractivity contribution is 7.89. The van der Waals surface area contributed by atoms with E-state index in [1.807, 2.05) is 4.98 Å². The fourth-order valence-electron chi connectivity index (χ4n) is 3.62. The maximum Gasteiger partial charge on any atom is 0.325 e. The normalized spacial score (nSPS) is 18.9. The zero-order valence-corrected chi connectivity index (χ0v) is 16.9. The number of amides is 1. The first kappa shape index (κ1) is 20.2. The van der Waals surface area contributed by atoms with Crippen LogP contribution in [-0.2, 0) is 14.8 Å². The number of sulfonamides is 1. The van der Waals surface area contributed by atoms with Gasteiger partial charge in [-0.25, -0.2) is 13.2 Å². The van der Waals surface area contributed by atoms with E-state index < -0.39 is 32.1 Å². The van der Waals surface area contributed by atoms with Crippen LogP contribution in [0.3, 0.4) is 0 Å². The fourth-order valence-corrected chi connectivity index (χ4v) is 5.35. The lowest BCUT2D eigenvalue weighted by Gasteiger charge is -2.31. The molecule has 0 spiro atoms. The number of hydrogen-bond donors (Lipinski definition) is 3. The second kappa shape index (κ2) is 7.61. The predicted octanol–water partition coefficient (Wildman–Crippen LogP) is 0.140. The van der Waals surface area contributed by atoms with Gasteiger partial charge in [0.25, 0.3) is 5.56 Å². The molecule has 0 saturated carbocycles. The highest BCUT2D eigenvalue weighted by Gasteiger charge is 2.36. The van der Waals surface area contributed by atoms with Crippen molar-refractivity contribution in [1.29, 1.82) is 0 Å². The van der Waals surface area contributed by atoms with Crippen LogP contribution in [0.25, 0.3) is 0 Å². The summed E-state index contributed by atoms with van der Waals surface area (Å²) in [6.07, 6.45) is 0.960. The first-order valence-corrected chi connectivity index (χ1v) is 10.7. The number of anilines is 1. The Kier molecular flexibility index (Phi) is 5.12. The molecule has 0 aliphatic carbocycles. The summed E-state index contributed by atoms with van der Waals surface area (Å²) in [6.45, 7) is 1.56. The standard InChI is InChI=1S/C18H20N4O7S/c1-10-15(17(24)21-18(25)19-10)30(26,27)22-6-2-3-11(8-22)16(23)20-12-4-5-13-14(7-12)29-9-28-13/h4-5,7,11H,2-3,6,8-9H2,1H3,(H,20,23)(H2,19,21,24,25)/t11-/m0/s1. The number of hydrogen-bond acceptors (Lipinski definition) is 7. The molecular weight excluding hydrogens is 416 g/mol. The van der Waals surface area contributed by atoms with Crippen molar-refractivity contribution in [2.45, 2.75) is 24.7 Å². The van der Waals surface area contributed by atoms with Crippen LogP contribution in [0.15, 0.2) is 32.7 Å². The Hall–Kier alpha value is -3.12. The van der Waals surface area contributed by atoms with E-state index in [-0.39, 0.29) is 31.5 Å². The molecule has 3 N–H and O–H groups in total. The minimum Gasteiger partial charge on any atom is -0.454 e. The number of carbonyl (C=O) groups excluding carboxylic acids is 1. The number of aromatic amines is 2. The molecule has 1 saturated heterocycles. The van der Waals surface area contributed by atoms with Crippen LogP contribution in [0.5, 0.6) is 11.5 Å². The monoisotopic (exact) mass is 436 g/mol. The van der Waals surface area contributed by atoms with Crippen LogP contribution in [-0.4, -0.2) is 48.5 Å². The maximum absolute atomic E-state index is 13.0. The number of fused-ring (bicyclic) bond motifs is 1. The molecule has 1 aromatic carbocycles. The Morgan fingerprint density at radius 1 is 1.20 bits per heavy atom. The van der Waals surface area contributed by atoms with Gasteiger partial charge in [-0.3, -0.25) is 14.6 Å². The minimum absolute atomic E-state index is 0.0457. The van der Waals surface area contributed by atoms with Gasteiger partial charge in [0.1, 0.15) is 0 Å². The van der Waals surface area contributed by atoms with Gasteiger partial charge in [-0.2, -0.15) is 4.31 Å². The Bertz CT molecular complexity index is 1220. The van der Waals surface area contributed by atoms with Crippen LogP contribution in [0.2, 0.25) is 0 Å². The van der Waals surface area contributed by atoms with Gasteiger partial charge in [0.2, 0.25) is 22.7 Å². The molecule has 2 aromatic rings. The van der Waals surface area contributed by atoms with Crippen molar-refractivity contribution < 1.29 is 22.7 Å². The zero-order valence-electron chi connectivity index (χ0n) is 16.1. The molecule has 12 heteroatoms. The van der Waals surface area contributed by atoms with Crippen LogP contribution in [0, 0.1) is 12.8 Å². The highest BCUT2D eigenvalue weighted by Crippen LogP contribution is 2.34. The van der Waals surface area contributed by atoms with Crippen molar-refractivity contribution in [1.82, 2.24) is 14.3 Å². The van der Waals surface area contributed by atoms with Gasteiger partial charge >= 0.3 is 5.69 Å².